The molecule has 2 rings (SSSR count). The lowest BCUT2D eigenvalue weighted by molar-refractivity contribution is -0.129. The molecule has 1 aromatic carbocycles. The molecule has 0 spiro atoms. The second kappa shape index (κ2) is 8.34. The van der Waals surface area contributed by atoms with Crippen molar-refractivity contribution in [2.75, 3.05) is 7.11 Å². The molecule has 25 heavy (non-hydrogen) atoms. The summed E-state index contributed by atoms with van der Waals surface area (Å²) in [5.74, 6) is -1.54. The summed E-state index contributed by atoms with van der Waals surface area (Å²) in [5.41, 5.74) is 1.38. The number of aromatic amines is 1. The first-order valence-electron chi connectivity index (χ1n) is 7.40. The highest BCUT2D eigenvalue weighted by molar-refractivity contribution is 6.30. The predicted molar refractivity (Wildman–Crippen MR) is 90.3 cm³/mol. The summed E-state index contributed by atoms with van der Waals surface area (Å²) in [6.45, 7) is 1.70. The molecule has 0 aliphatic carbocycles. The van der Waals surface area contributed by atoms with Crippen LogP contribution in [-0.2, 0) is 20.8 Å². The first kappa shape index (κ1) is 18.5. The number of nitrogens with one attached hydrogen (secondary N) is 2. The molecule has 0 radical (unpaired) electrons. The first-order valence-corrected chi connectivity index (χ1v) is 7.78. The fraction of sp³-hybridized carbons (Fsp3) is 0.235. The van der Waals surface area contributed by atoms with Crippen LogP contribution in [0.15, 0.2) is 36.5 Å². The zero-order chi connectivity index (χ0) is 18.4. The van der Waals surface area contributed by atoms with E-state index in [1.54, 1.807) is 24.3 Å². The van der Waals surface area contributed by atoms with Crippen LogP contribution in [-0.4, -0.2) is 36.0 Å². The van der Waals surface area contributed by atoms with E-state index in [0.29, 0.717) is 10.6 Å². The fourth-order valence-electron chi connectivity index (χ4n) is 1.97. The van der Waals surface area contributed by atoms with Gasteiger partial charge in [0.2, 0.25) is 0 Å². The third-order valence-electron chi connectivity index (χ3n) is 3.36. The van der Waals surface area contributed by atoms with Crippen LogP contribution in [0.1, 0.15) is 33.3 Å². The van der Waals surface area contributed by atoms with Crippen molar-refractivity contribution in [3.8, 4) is 0 Å². The van der Waals surface area contributed by atoms with Gasteiger partial charge in [-0.25, -0.2) is 9.59 Å². The van der Waals surface area contributed by atoms with Crippen LogP contribution in [0.4, 0.5) is 0 Å². The summed E-state index contributed by atoms with van der Waals surface area (Å²) in [6.07, 6.45) is 0.477. The molecule has 0 saturated carbocycles. The molecule has 132 valence electrons. The van der Waals surface area contributed by atoms with Crippen LogP contribution in [0.25, 0.3) is 0 Å². The Hall–Kier alpha value is -2.80. The lowest BCUT2D eigenvalue weighted by Crippen LogP contribution is -2.35. The molecule has 7 nitrogen and oxygen atoms in total. The van der Waals surface area contributed by atoms with E-state index in [1.807, 2.05) is 0 Å². The summed E-state index contributed by atoms with van der Waals surface area (Å²) >= 11 is 5.71. The van der Waals surface area contributed by atoms with E-state index < -0.39 is 23.9 Å². The van der Waals surface area contributed by atoms with Crippen LogP contribution >= 0.6 is 11.6 Å². The molecule has 0 aliphatic heterocycles. The fourth-order valence-corrected chi connectivity index (χ4v) is 2.14. The number of hydrogen-bond donors (Lipinski definition) is 2. The van der Waals surface area contributed by atoms with Crippen molar-refractivity contribution in [2.24, 2.45) is 0 Å². The van der Waals surface area contributed by atoms with Crippen molar-refractivity contribution in [2.45, 2.75) is 19.6 Å². The van der Waals surface area contributed by atoms with Gasteiger partial charge in [-0.15, -0.1) is 0 Å². The van der Waals surface area contributed by atoms with E-state index in [1.165, 1.54) is 26.3 Å². The second-order valence-electron chi connectivity index (χ2n) is 5.19. The number of benzene rings is 1. The highest BCUT2D eigenvalue weighted by Crippen LogP contribution is 2.11. The number of H-pyrrole nitrogens is 1. The van der Waals surface area contributed by atoms with E-state index in [4.69, 9.17) is 16.3 Å². The predicted octanol–water partition coefficient (Wildman–Crippen LogP) is 2.32. The number of esters is 2. The average Bonchev–Trinajstić information content (AvgIpc) is 3.05. The van der Waals surface area contributed by atoms with Crippen LogP contribution in [0.5, 0.6) is 0 Å². The molecule has 1 atom stereocenters. The summed E-state index contributed by atoms with van der Waals surface area (Å²) in [6, 6.07) is 8.02. The van der Waals surface area contributed by atoms with Gasteiger partial charge in [0.05, 0.1) is 17.7 Å². The smallest absolute Gasteiger partial charge is 0.355 e. The van der Waals surface area contributed by atoms with Gasteiger partial charge in [0.25, 0.3) is 5.91 Å². The number of halogens is 1. The van der Waals surface area contributed by atoms with Gasteiger partial charge in [-0.05, 0) is 30.7 Å². The molecule has 2 aromatic rings. The van der Waals surface area contributed by atoms with Crippen LogP contribution in [0.3, 0.4) is 0 Å². The molecule has 2 N–H and O–H groups in total. The monoisotopic (exact) mass is 364 g/mol. The van der Waals surface area contributed by atoms with Crippen molar-refractivity contribution in [1.82, 2.24) is 10.3 Å². The standard InChI is InChI=1S/C17H17ClN2O5/c1-10(25-17(23)14-7-13(18)9-19-14)15(21)20-8-11-3-5-12(6-4-11)16(22)24-2/h3-7,9-10,19H,8H2,1-2H3,(H,20,21)/t10-/m1/s1. The van der Waals surface area contributed by atoms with Crippen molar-refractivity contribution in [1.29, 1.82) is 0 Å². The minimum absolute atomic E-state index is 0.169. The Morgan fingerprint density at radius 1 is 1.20 bits per heavy atom. The van der Waals surface area contributed by atoms with E-state index in [0.717, 1.165) is 5.56 Å². The van der Waals surface area contributed by atoms with Gasteiger partial charge in [0.15, 0.2) is 6.10 Å². The number of hydrogen-bond acceptors (Lipinski definition) is 5. The molecule has 1 amide bonds. The van der Waals surface area contributed by atoms with Gasteiger partial charge in [0, 0.05) is 12.7 Å². The Morgan fingerprint density at radius 2 is 1.88 bits per heavy atom. The number of carbonyl (C=O) groups excluding carboxylic acids is 3. The first-order chi connectivity index (χ1) is 11.9. The molecule has 0 fully saturated rings. The average molecular weight is 365 g/mol. The van der Waals surface area contributed by atoms with E-state index in [-0.39, 0.29) is 12.2 Å². The molecule has 0 aliphatic rings. The number of ether oxygens (including phenoxy) is 2. The van der Waals surface area contributed by atoms with Crippen molar-refractivity contribution in [3.63, 3.8) is 0 Å². The lowest BCUT2D eigenvalue weighted by Gasteiger charge is -2.13. The maximum Gasteiger partial charge on any atom is 0.355 e. The Kier molecular flexibility index (Phi) is 6.19. The molecular formula is C17H17ClN2O5. The van der Waals surface area contributed by atoms with Crippen molar-refractivity contribution in [3.05, 3.63) is 58.4 Å². The topological polar surface area (TPSA) is 97.5 Å². The number of amides is 1. The highest BCUT2D eigenvalue weighted by atomic mass is 35.5. The van der Waals surface area contributed by atoms with E-state index in [2.05, 4.69) is 15.0 Å². The second-order valence-corrected chi connectivity index (χ2v) is 5.62. The maximum atomic E-state index is 12.0. The summed E-state index contributed by atoms with van der Waals surface area (Å²) in [4.78, 5) is 37.9. The highest BCUT2D eigenvalue weighted by Gasteiger charge is 2.19. The van der Waals surface area contributed by atoms with Crippen LogP contribution in [0.2, 0.25) is 5.02 Å². The zero-order valence-electron chi connectivity index (χ0n) is 13.7. The Bertz CT molecular complexity index is 770. The Morgan fingerprint density at radius 3 is 2.44 bits per heavy atom. The summed E-state index contributed by atoms with van der Waals surface area (Å²) < 4.78 is 9.68. The molecule has 0 unspecified atom stereocenters. The molecule has 0 bridgehead atoms. The quantitative estimate of drug-likeness (QED) is 0.766. The SMILES string of the molecule is COC(=O)c1ccc(CNC(=O)[C@@H](C)OC(=O)c2cc(Cl)c[nH]2)cc1. The van der Waals surface area contributed by atoms with Gasteiger partial charge in [0.1, 0.15) is 5.69 Å². The van der Waals surface area contributed by atoms with Crippen LogP contribution in [0, 0.1) is 0 Å². The van der Waals surface area contributed by atoms with Gasteiger partial charge < -0.3 is 19.8 Å². The molecule has 0 saturated heterocycles. The number of methoxy groups -OCH3 is 1. The van der Waals surface area contributed by atoms with Gasteiger partial charge in [-0.3, -0.25) is 4.79 Å². The number of carbonyl (C=O) groups is 3. The van der Waals surface area contributed by atoms with E-state index in [9.17, 15) is 14.4 Å². The lowest BCUT2D eigenvalue weighted by atomic mass is 10.1. The minimum Gasteiger partial charge on any atom is -0.465 e. The summed E-state index contributed by atoms with van der Waals surface area (Å²) in [5, 5.41) is 3.03. The molecule has 8 heteroatoms. The largest absolute Gasteiger partial charge is 0.465 e. The molecular weight excluding hydrogens is 348 g/mol. The van der Waals surface area contributed by atoms with Crippen molar-refractivity contribution >= 4 is 29.4 Å². The zero-order valence-corrected chi connectivity index (χ0v) is 14.4. The van der Waals surface area contributed by atoms with Gasteiger partial charge in [-0.1, -0.05) is 23.7 Å². The minimum atomic E-state index is -0.969. The van der Waals surface area contributed by atoms with Gasteiger partial charge >= 0.3 is 11.9 Å². The van der Waals surface area contributed by atoms with Crippen LogP contribution < -0.4 is 5.32 Å². The third kappa shape index (κ3) is 5.09. The van der Waals surface area contributed by atoms with Crippen molar-refractivity contribution < 1.29 is 23.9 Å². The third-order valence-corrected chi connectivity index (χ3v) is 3.58. The Labute approximate surface area is 149 Å². The van der Waals surface area contributed by atoms with E-state index >= 15 is 0 Å². The summed E-state index contributed by atoms with van der Waals surface area (Å²) in [7, 11) is 1.31. The molecule has 1 aromatic heterocycles. The Balaban J connectivity index is 1.84. The maximum absolute atomic E-state index is 12.0. The number of aromatic nitrogens is 1. The van der Waals surface area contributed by atoms with Gasteiger partial charge in [-0.2, -0.15) is 0 Å². The number of rotatable bonds is 6. The molecule has 1 heterocycles. The normalized spacial score (nSPS) is 11.5.